The second-order valence-corrected chi connectivity index (χ2v) is 4.97. The lowest BCUT2D eigenvalue weighted by atomic mass is 10.4. The molecule has 13 heavy (non-hydrogen) atoms. The molecular formula is C5H9Cl2NO4S. The SMILES string of the molecule is CC(C)[NH+](C(=O)C=O)S(=O)(=O)Cl.[Cl-]. The largest absolute Gasteiger partial charge is 1.00 e. The maximum absolute atomic E-state index is 10.7. The molecule has 0 aromatic heterocycles. The molecule has 0 spiro atoms. The van der Waals surface area contributed by atoms with E-state index in [1.54, 1.807) is 0 Å². The van der Waals surface area contributed by atoms with Crippen molar-refractivity contribution in [3.8, 4) is 0 Å². The molecule has 0 aliphatic heterocycles. The van der Waals surface area contributed by atoms with Gasteiger partial charge in [-0.05, 0) is 13.8 Å². The fourth-order valence-electron chi connectivity index (χ4n) is 0.744. The molecule has 0 fully saturated rings. The second-order valence-electron chi connectivity index (χ2n) is 2.44. The Morgan fingerprint density at radius 2 is 1.85 bits per heavy atom. The summed E-state index contributed by atoms with van der Waals surface area (Å²) in [7, 11) is 0.856. The predicted octanol–water partition coefficient (Wildman–Crippen LogP) is -4.51. The lowest BCUT2D eigenvalue weighted by Gasteiger charge is -2.12. The van der Waals surface area contributed by atoms with Gasteiger partial charge in [-0.15, -0.1) is 4.31 Å². The topological polar surface area (TPSA) is 72.7 Å². The highest BCUT2D eigenvalue weighted by Crippen LogP contribution is 1.85. The van der Waals surface area contributed by atoms with Crippen LogP contribution in [0.2, 0.25) is 0 Å². The van der Waals surface area contributed by atoms with Gasteiger partial charge in [0.25, 0.3) is 0 Å². The summed E-state index contributed by atoms with van der Waals surface area (Å²) in [5, 5.41) is 0. The highest BCUT2D eigenvalue weighted by molar-refractivity contribution is 8.08. The molecule has 0 aliphatic carbocycles. The molecule has 0 aromatic rings. The van der Waals surface area contributed by atoms with Crippen LogP contribution in [-0.2, 0) is 18.8 Å². The number of rotatable bonds is 3. The third-order valence-electron chi connectivity index (χ3n) is 1.14. The van der Waals surface area contributed by atoms with Crippen LogP contribution in [0.4, 0.5) is 0 Å². The Morgan fingerprint density at radius 1 is 1.46 bits per heavy atom. The number of hydrogen-bond acceptors (Lipinski definition) is 4. The normalized spacial score (nSPS) is 13.2. The summed E-state index contributed by atoms with van der Waals surface area (Å²) >= 11 is 0. The first-order valence-corrected chi connectivity index (χ1v) is 5.42. The van der Waals surface area contributed by atoms with Crippen LogP contribution in [0.3, 0.4) is 0 Å². The average Bonchev–Trinajstić information content (AvgIpc) is 1.83. The van der Waals surface area contributed by atoms with E-state index in [1.807, 2.05) is 0 Å². The highest BCUT2D eigenvalue weighted by atomic mass is 35.7. The summed E-state index contributed by atoms with van der Waals surface area (Å²) in [5.41, 5.74) is 0. The number of carbonyl (C=O) groups is 2. The van der Waals surface area contributed by atoms with Gasteiger partial charge in [0, 0.05) is 0 Å². The number of nitrogens with one attached hydrogen (secondary N) is 1. The Labute approximate surface area is 87.0 Å². The van der Waals surface area contributed by atoms with Gasteiger partial charge < -0.3 is 12.4 Å². The van der Waals surface area contributed by atoms with Gasteiger partial charge in [0.1, 0.15) is 6.04 Å². The smallest absolute Gasteiger partial charge is 0.394 e. The number of amides is 1. The van der Waals surface area contributed by atoms with Crippen molar-refractivity contribution in [1.29, 1.82) is 0 Å². The first-order chi connectivity index (χ1) is 5.30. The van der Waals surface area contributed by atoms with E-state index in [4.69, 9.17) is 10.7 Å². The van der Waals surface area contributed by atoms with Gasteiger partial charge in [-0.3, -0.25) is 4.79 Å². The van der Waals surface area contributed by atoms with Gasteiger partial charge in [-0.1, -0.05) is 0 Å². The zero-order chi connectivity index (χ0) is 9.94. The Hall–Kier alpha value is -0.170. The minimum Gasteiger partial charge on any atom is -1.00 e. The summed E-state index contributed by atoms with van der Waals surface area (Å²) in [6.45, 7) is 2.94. The van der Waals surface area contributed by atoms with Crippen molar-refractivity contribution in [3.05, 3.63) is 0 Å². The standard InChI is InChI=1S/C5H8ClNO4S.ClH/c1-4(2)7(5(9)3-8)12(6,10)11;/h3-4H,1-2H3;1H. The van der Waals surface area contributed by atoms with Crippen molar-refractivity contribution in [2.45, 2.75) is 19.9 Å². The first-order valence-electron chi connectivity index (χ1n) is 3.11. The predicted molar refractivity (Wildman–Crippen MR) is 41.9 cm³/mol. The summed E-state index contributed by atoms with van der Waals surface area (Å²) in [5.74, 6) is -1.08. The van der Waals surface area contributed by atoms with Crippen molar-refractivity contribution in [2.75, 3.05) is 0 Å². The molecule has 1 N–H and O–H groups in total. The molecule has 0 saturated heterocycles. The van der Waals surface area contributed by atoms with Crippen molar-refractivity contribution in [1.82, 2.24) is 0 Å². The van der Waals surface area contributed by atoms with Crippen molar-refractivity contribution >= 4 is 32.1 Å². The number of carbonyl (C=O) groups excluding carboxylic acids is 2. The van der Waals surface area contributed by atoms with Gasteiger partial charge in [0.2, 0.25) is 6.29 Å². The van der Waals surface area contributed by atoms with Crippen LogP contribution in [0.25, 0.3) is 0 Å². The molecule has 0 rings (SSSR count). The molecule has 0 aliphatic rings. The van der Waals surface area contributed by atoms with E-state index in [-0.39, 0.29) is 18.7 Å². The molecule has 1 atom stereocenters. The number of hydrogen-bond donors (Lipinski definition) is 1. The van der Waals surface area contributed by atoms with E-state index in [9.17, 15) is 18.0 Å². The van der Waals surface area contributed by atoms with E-state index < -0.39 is 25.5 Å². The van der Waals surface area contributed by atoms with Gasteiger partial charge in [0.05, 0.1) is 10.7 Å². The van der Waals surface area contributed by atoms with Crippen molar-refractivity contribution in [2.24, 2.45) is 0 Å². The number of aldehydes is 1. The van der Waals surface area contributed by atoms with Gasteiger partial charge in [-0.2, -0.15) is 8.42 Å². The summed E-state index contributed by atoms with van der Waals surface area (Å²) < 4.78 is 20.9. The molecule has 1 amide bonds. The van der Waals surface area contributed by atoms with Crippen LogP contribution in [-0.4, -0.2) is 26.7 Å². The molecule has 0 saturated carbocycles. The summed E-state index contributed by atoms with van der Waals surface area (Å²) in [4.78, 5) is 20.7. The van der Waals surface area contributed by atoms with Crippen molar-refractivity contribution in [3.63, 3.8) is 0 Å². The van der Waals surface area contributed by atoms with Crippen LogP contribution in [0.1, 0.15) is 13.8 Å². The average molecular weight is 250 g/mol. The van der Waals surface area contributed by atoms with E-state index in [1.165, 1.54) is 13.8 Å². The molecule has 1 unspecified atom stereocenters. The van der Waals surface area contributed by atoms with E-state index in [0.717, 1.165) is 0 Å². The zero-order valence-corrected chi connectivity index (χ0v) is 9.28. The lowest BCUT2D eigenvalue weighted by molar-refractivity contribution is -0.702. The third-order valence-corrected chi connectivity index (χ3v) is 2.83. The zero-order valence-electron chi connectivity index (χ0n) is 6.95. The van der Waals surface area contributed by atoms with Crippen LogP contribution in [0.5, 0.6) is 0 Å². The van der Waals surface area contributed by atoms with Crippen LogP contribution in [0, 0.1) is 0 Å². The Morgan fingerprint density at radius 3 is 1.92 bits per heavy atom. The fraction of sp³-hybridized carbons (Fsp3) is 0.600. The maximum atomic E-state index is 10.7. The molecular weight excluding hydrogens is 241 g/mol. The Kier molecular flexibility index (Phi) is 6.52. The van der Waals surface area contributed by atoms with Gasteiger partial charge in [-0.25, -0.2) is 4.79 Å². The summed E-state index contributed by atoms with van der Waals surface area (Å²) in [6, 6.07) is -0.579. The first kappa shape index (κ1) is 15.3. The van der Waals surface area contributed by atoms with E-state index >= 15 is 0 Å². The molecule has 0 radical (unpaired) electrons. The maximum Gasteiger partial charge on any atom is 0.394 e. The molecule has 0 aromatic carbocycles. The molecule has 0 heterocycles. The lowest BCUT2D eigenvalue weighted by Crippen LogP contribution is -3.18. The second kappa shape index (κ2) is 5.54. The van der Waals surface area contributed by atoms with E-state index in [2.05, 4.69) is 0 Å². The van der Waals surface area contributed by atoms with Gasteiger partial charge >= 0.3 is 15.1 Å². The highest BCUT2D eigenvalue weighted by Gasteiger charge is 2.33. The molecule has 5 nitrogen and oxygen atoms in total. The number of quaternary nitrogens is 1. The number of halogens is 2. The molecule has 8 heteroatoms. The Bertz CT molecular complexity index is 287. The van der Waals surface area contributed by atoms with Gasteiger partial charge in [0.15, 0.2) is 0 Å². The minimum atomic E-state index is -4.07. The monoisotopic (exact) mass is 249 g/mol. The van der Waals surface area contributed by atoms with Crippen LogP contribution >= 0.6 is 10.7 Å². The Balaban J connectivity index is 0. The fourth-order valence-corrected chi connectivity index (χ4v) is 2.36. The molecule has 0 bridgehead atoms. The van der Waals surface area contributed by atoms with Crippen LogP contribution in [0.15, 0.2) is 0 Å². The van der Waals surface area contributed by atoms with Crippen molar-refractivity contribution < 1.29 is 34.7 Å². The summed E-state index contributed by atoms with van der Waals surface area (Å²) in [6.07, 6.45) is -0.0603. The third kappa shape index (κ3) is 4.56. The van der Waals surface area contributed by atoms with Crippen LogP contribution < -0.4 is 16.7 Å². The molecule has 78 valence electrons. The quantitative estimate of drug-likeness (QED) is 0.311. The minimum absolute atomic E-state index is 0. The van der Waals surface area contributed by atoms with E-state index in [0.29, 0.717) is 0 Å².